The summed E-state index contributed by atoms with van der Waals surface area (Å²) in [5, 5.41) is 0. The van der Waals surface area contributed by atoms with Crippen molar-refractivity contribution in [3.63, 3.8) is 0 Å². The van der Waals surface area contributed by atoms with E-state index in [1.807, 2.05) is 0 Å². The minimum Gasteiger partial charge on any atom is -0.0651 e. The lowest BCUT2D eigenvalue weighted by molar-refractivity contribution is 0.416. The standard InChI is InChI=1S/C24H24/c1-2-18-15-21-11-6-7-14-23(21)24(16-18)22-13-8-12-20(17-22)19-9-4-3-5-10-19/h3-14,17-18,24H,2,15-16H2,1H3/t18-,24-/m1/s1. The second kappa shape index (κ2) is 6.65. The SMILES string of the molecule is CC[C@@H]1Cc2ccccc2[C@@H](c2cccc(-c3ccccc3)c2)C1. The molecule has 2 atom stereocenters. The summed E-state index contributed by atoms with van der Waals surface area (Å²) >= 11 is 0. The van der Waals surface area contributed by atoms with Crippen molar-refractivity contribution in [2.24, 2.45) is 5.92 Å². The lowest BCUT2D eigenvalue weighted by Crippen LogP contribution is -2.19. The van der Waals surface area contributed by atoms with Crippen molar-refractivity contribution in [3.8, 4) is 11.1 Å². The molecule has 0 radical (unpaired) electrons. The molecule has 3 aromatic carbocycles. The van der Waals surface area contributed by atoms with E-state index in [2.05, 4.69) is 85.8 Å². The first kappa shape index (κ1) is 15.2. The number of rotatable bonds is 3. The molecule has 0 bridgehead atoms. The van der Waals surface area contributed by atoms with Crippen LogP contribution in [0.2, 0.25) is 0 Å². The maximum Gasteiger partial charge on any atom is 0.00950 e. The van der Waals surface area contributed by atoms with Gasteiger partial charge in [-0.05, 0) is 46.6 Å². The molecule has 0 nitrogen and oxygen atoms in total. The Morgan fingerprint density at radius 1 is 0.792 bits per heavy atom. The second-order valence-electron chi connectivity index (χ2n) is 6.96. The lowest BCUT2D eigenvalue weighted by Gasteiger charge is -2.31. The second-order valence-corrected chi connectivity index (χ2v) is 6.96. The van der Waals surface area contributed by atoms with E-state index in [0.717, 1.165) is 5.92 Å². The molecule has 0 amide bonds. The molecule has 0 heterocycles. The molecule has 0 unspecified atom stereocenters. The lowest BCUT2D eigenvalue weighted by atomic mass is 9.73. The van der Waals surface area contributed by atoms with Crippen LogP contribution in [0, 0.1) is 5.92 Å². The van der Waals surface area contributed by atoms with E-state index in [0.29, 0.717) is 5.92 Å². The van der Waals surface area contributed by atoms with Crippen LogP contribution < -0.4 is 0 Å². The van der Waals surface area contributed by atoms with Crippen molar-refractivity contribution in [2.75, 3.05) is 0 Å². The van der Waals surface area contributed by atoms with Gasteiger partial charge >= 0.3 is 0 Å². The van der Waals surface area contributed by atoms with Crippen LogP contribution in [0.4, 0.5) is 0 Å². The highest BCUT2D eigenvalue weighted by Gasteiger charge is 2.27. The van der Waals surface area contributed by atoms with E-state index < -0.39 is 0 Å². The maximum absolute atomic E-state index is 2.40. The Hall–Kier alpha value is -2.34. The molecule has 4 rings (SSSR count). The minimum absolute atomic E-state index is 0.531. The molecule has 1 aliphatic carbocycles. The van der Waals surface area contributed by atoms with Gasteiger partial charge in [0.05, 0.1) is 0 Å². The van der Waals surface area contributed by atoms with Crippen molar-refractivity contribution >= 4 is 0 Å². The van der Waals surface area contributed by atoms with E-state index >= 15 is 0 Å². The molecular weight excluding hydrogens is 288 g/mol. The minimum atomic E-state index is 0.531. The van der Waals surface area contributed by atoms with Gasteiger partial charge in [0, 0.05) is 5.92 Å². The third-order valence-corrected chi connectivity index (χ3v) is 5.48. The van der Waals surface area contributed by atoms with Gasteiger partial charge in [0.1, 0.15) is 0 Å². The fourth-order valence-electron chi connectivity index (χ4n) is 4.11. The zero-order valence-electron chi connectivity index (χ0n) is 14.3. The third kappa shape index (κ3) is 2.89. The van der Waals surface area contributed by atoms with Crippen LogP contribution >= 0.6 is 0 Å². The van der Waals surface area contributed by atoms with Crippen molar-refractivity contribution in [1.82, 2.24) is 0 Å². The molecule has 0 saturated heterocycles. The Labute approximate surface area is 145 Å². The quantitative estimate of drug-likeness (QED) is 0.521. The summed E-state index contributed by atoms with van der Waals surface area (Å²) in [5.41, 5.74) is 7.17. The molecule has 0 fully saturated rings. The molecule has 0 saturated carbocycles. The zero-order chi connectivity index (χ0) is 16.4. The summed E-state index contributed by atoms with van der Waals surface area (Å²) in [6.07, 6.45) is 3.77. The third-order valence-electron chi connectivity index (χ3n) is 5.48. The highest BCUT2D eigenvalue weighted by molar-refractivity contribution is 5.64. The Kier molecular flexibility index (Phi) is 4.21. The molecule has 0 N–H and O–H groups in total. The smallest absolute Gasteiger partial charge is 0.00950 e. The topological polar surface area (TPSA) is 0 Å². The van der Waals surface area contributed by atoms with Crippen LogP contribution in [0.5, 0.6) is 0 Å². The van der Waals surface area contributed by atoms with Gasteiger partial charge in [-0.2, -0.15) is 0 Å². The molecule has 24 heavy (non-hydrogen) atoms. The molecule has 3 aromatic rings. The van der Waals surface area contributed by atoms with Crippen LogP contribution in [0.1, 0.15) is 42.4 Å². The van der Waals surface area contributed by atoms with E-state index in [9.17, 15) is 0 Å². The van der Waals surface area contributed by atoms with Crippen LogP contribution in [-0.2, 0) is 6.42 Å². The number of hydrogen-bond donors (Lipinski definition) is 0. The van der Waals surface area contributed by atoms with E-state index in [4.69, 9.17) is 0 Å². The number of fused-ring (bicyclic) bond motifs is 1. The van der Waals surface area contributed by atoms with Crippen molar-refractivity contribution in [3.05, 3.63) is 95.6 Å². The summed E-state index contributed by atoms with van der Waals surface area (Å²) in [6.45, 7) is 2.33. The first-order valence-corrected chi connectivity index (χ1v) is 9.08. The van der Waals surface area contributed by atoms with Crippen LogP contribution in [0.15, 0.2) is 78.9 Å². The molecule has 0 heteroatoms. The van der Waals surface area contributed by atoms with E-state index in [1.165, 1.54) is 41.5 Å². The largest absolute Gasteiger partial charge is 0.0651 e. The molecule has 0 aromatic heterocycles. The first-order valence-electron chi connectivity index (χ1n) is 9.08. The van der Waals surface area contributed by atoms with Crippen molar-refractivity contribution in [2.45, 2.75) is 32.1 Å². The molecule has 0 aliphatic heterocycles. The number of benzene rings is 3. The van der Waals surface area contributed by atoms with E-state index in [-0.39, 0.29) is 0 Å². The predicted molar refractivity (Wildman–Crippen MR) is 102 cm³/mol. The molecule has 0 spiro atoms. The Morgan fingerprint density at radius 3 is 2.38 bits per heavy atom. The molecular formula is C24H24. The van der Waals surface area contributed by atoms with Crippen LogP contribution in [0.25, 0.3) is 11.1 Å². The van der Waals surface area contributed by atoms with Gasteiger partial charge < -0.3 is 0 Å². The highest BCUT2D eigenvalue weighted by Crippen LogP contribution is 2.41. The van der Waals surface area contributed by atoms with Gasteiger partial charge in [0.2, 0.25) is 0 Å². The predicted octanol–water partition coefficient (Wildman–Crippen LogP) is 6.46. The van der Waals surface area contributed by atoms with Gasteiger partial charge in [-0.15, -0.1) is 0 Å². The van der Waals surface area contributed by atoms with Gasteiger partial charge in [-0.1, -0.05) is 92.2 Å². The fourth-order valence-corrected chi connectivity index (χ4v) is 4.11. The van der Waals surface area contributed by atoms with Crippen LogP contribution in [-0.4, -0.2) is 0 Å². The normalized spacial score (nSPS) is 19.7. The summed E-state index contributed by atoms with van der Waals surface area (Å²) < 4.78 is 0. The average molecular weight is 312 g/mol. The summed E-state index contributed by atoms with van der Waals surface area (Å²) in [6, 6.07) is 28.9. The monoisotopic (exact) mass is 312 g/mol. The Bertz CT molecular complexity index is 816. The van der Waals surface area contributed by atoms with Crippen molar-refractivity contribution in [1.29, 1.82) is 0 Å². The average Bonchev–Trinajstić information content (AvgIpc) is 2.68. The maximum atomic E-state index is 2.40. The molecule has 120 valence electrons. The van der Waals surface area contributed by atoms with Gasteiger partial charge in [-0.3, -0.25) is 0 Å². The Morgan fingerprint density at radius 2 is 1.54 bits per heavy atom. The van der Waals surface area contributed by atoms with Gasteiger partial charge in [-0.25, -0.2) is 0 Å². The van der Waals surface area contributed by atoms with Crippen molar-refractivity contribution < 1.29 is 0 Å². The van der Waals surface area contributed by atoms with Crippen LogP contribution in [0.3, 0.4) is 0 Å². The zero-order valence-corrected chi connectivity index (χ0v) is 14.3. The molecule has 1 aliphatic rings. The fraction of sp³-hybridized carbons (Fsp3) is 0.250. The first-order chi connectivity index (χ1) is 11.8. The summed E-state index contributed by atoms with van der Waals surface area (Å²) in [5.74, 6) is 1.33. The summed E-state index contributed by atoms with van der Waals surface area (Å²) in [7, 11) is 0. The highest BCUT2D eigenvalue weighted by atomic mass is 14.3. The summed E-state index contributed by atoms with van der Waals surface area (Å²) in [4.78, 5) is 0. The van der Waals surface area contributed by atoms with Gasteiger partial charge in [0.25, 0.3) is 0 Å². The number of hydrogen-bond acceptors (Lipinski definition) is 0. The Balaban J connectivity index is 1.76. The van der Waals surface area contributed by atoms with E-state index in [1.54, 1.807) is 5.56 Å². The van der Waals surface area contributed by atoms with Gasteiger partial charge in [0.15, 0.2) is 0 Å².